The summed E-state index contributed by atoms with van der Waals surface area (Å²) in [6.07, 6.45) is 0. The van der Waals surface area contributed by atoms with Crippen molar-refractivity contribution in [1.82, 2.24) is 0 Å². The van der Waals surface area contributed by atoms with Gasteiger partial charge in [0.15, 0.2) is 11.6 Å². The molecule has 0 spiro atoms. The Morgan fingerprint density at radius 1 is 1.50 bits per heavy atom. The van der Waals surface area contributed by atoms with Gasteiger partial charge >= 0.3 is 0 Å². The zero-order valence-corrected chi connectivity index (χ0v) is 9.43. The fourth-order valence-electron chi connectivity index (χ4n) is 1.09. The predicted octanol–water partition coefficient (Wildman–Crippen LogP) is 2.42. The van der Waals surface area contributed by atoms with E-state index in [4.69, 9.17) is 5.90 Å². The Balaban J connectivity index is 3.34. The van der Waals surface area contributed by atoms with E-state index in [0.29, 0.717) is 10.0 Å². The Morgan fingerprint density at radius 3 is 2.57 bits per heavy atom. The van der Waals surface area contributed by atoms with Crippen molar-refractivity contribution in [3.05, 3.63) is 28.0 Å². The van der Waals surface area contributed by atoms with E-state index >= 15 is 0 Å². The molecule has 0 saturated heterocycles. The van der Waals surface area contributed by atoms with Crippen LogP contribution in [0.4, 0.5) is 4.39 Å². The predicted molar refractivity (Wildman–Crippen MR) is 54.1 cm³/mol. The highest BCUT2D eigenvalue weighted by molar-refractivity contribution is 9.10. The molecule has 14 heavy (non-hydrogen) atoms. The number of aromatic hydroxyl groups is 1. The first-order valence-electron chi connectivity index (χ1n) is 3.95. The summed E-state index contributed by atoms with van der Waals surface area (Å²) in [7, 11) is 0. The first-order chi connectivity index (χ1) is 6.38. The molecule has 5 heteroatoms. The van der Waals surface area contributed by atoms with Crippen LogP contribution in [-0.4, -0.2) is 5.11 Å². The van der Waals surface area contributed by atoms with Gasteiger partial charge in [0.1, 0.15) is 5.60 Å². The van der Waals surface area contributed by atoms with Crippen LogP contribution in [-0.2, 0) is 10.4 Å². The van der Waals surface area contributed by atoms with Crippen LogP contribution < -0.4 is 5.90 Å². The quantitative estimate of drug-likeness (QED) is 0.806. The molecule has 0 aliphatic heterocycles. The molecule has 0 atom stereocenters. The second-order valence-corrected chi connectivity index (χ2v) is 4.33. The monoisotopic (exact) mass is 263 g/mol. The molecule has 0 amide bonds. The molecular weight excluding hydrogens is 253 g/mol. The summed E-state index contributed by atoms with van der Waals surface area (Å²) in [4.78, 5) is 4.67. The molecule has 0 heterocycles. The molecule has 0 saturated carbocycles. The lowest BCUT2D eigenvalue weighted by molar-refractivity contribution is -0.0254. The third kappa shape index (κ3) is 2.05. The summed E-state index contributed by atoms with van der Waals surface area (Å²) in [5, 5.41) is 9.46. The molecule has 0 aliphatic rings. The lowest BCUT2D eigenvalue weighted by Crippen LogP contribution is -2.25. The van der Waals surface area contributed by atoms with Gasteiger partial charge < -0.3 is 5.11 Å². The number of benzene rings is 1. The first kappa shape index (κ1) is 11.4. The van der Waals surface area contributed by atoms with Crippen LogP contribution in [0.25, 0.3) is 0 Å². The molecule has 0 bridgehead atoms. The minimum atomic E-state index is -0.936. The molecule has 0 aromatic heterocycles. The molecule has 1 aromatic carbocycles. The van der Waals surface area contributed by atoms with Crippen LogP contribution in [0.1, 0.15) is 19.4 Å². The van der Waals surface area contributed by atoms with Crippen LogP contribution in [0.3, 0.4) is 0 Å². The highest BCUT2D eigenvalue weighted by Crippen LogP contribution is 2.35. The molecule has 3 N–H and O–H groups in total. The van der Waals surface area contributed by atoms with Gasteiger partial charge in [0.2, 0.25) is 0 Å². The van der Waals surface area contributed by atoms with E-state index in [1.54, 1.807) is 19.9 Å². The Bertz CT molecular complexity index is 355. The van der Waals surface area contributed by atoms with Gasteiger partial charge in [0.25, 0.3) is 0 Å². The second-order valence-electron chi connectivity index (χ2n) is 3.41. The standard InChI is InChI=1S/C9H11BrFNO2/c1-9(2,14-12)6-3-5(10)4-7(11)8(6)13/h3-4,13H,12H2,1-2H3. The topological polar surface area (TPSA) is 55.5 Å². The zero-order chi connectivity index (χ0) is 10.9. The van der Waals surface area contributed by atoms with E-state index in [9.17, 15) is 9.50 Å². The van der Waals surface area contributed by atoms with Crippen molar-refractivity contribution in [1.29, 1.82) is 0 Å². The lowest BCUT2D eigenvalue weighted by atomic mass is 9.97. The van der Waals surface area contributed by atoms with Crippen LogP contribution in [0.2, 0.25) is 0 Å². The summed E-state index contributed by atoms with van der Waals surface area (Å²) in [5.74, 6) is 3.91. The smallest absolute Gasteiger partial charge is 0.166 e. The van der Waals surface area contributed by atoms with E-state index in [1.807, 2.05) is 0 Å². The van der Waals surface area contributed by atoms with Crippen molar-refractivity contribution >= 4 is 15.9 Å². The molecular formula is C9H11BrFNO2. The summed E-state index contributed by atoms with van der Waals surface area (Å²) in [6.45, 7) is 3.27. The number of hydrogen-bond donors (Lipinski definition) is 2. The van der Waals surface area contributed by atoms with Crippen LogP contribution >= 0.6 is 15.9 Å². The number of phenols is 1. The molecule has 0 aliphatic carbocycles. The second kappa shape index (κ2) is 3.84. The zero-order valence-electron chi connectivity index (χ0n) is 7.84. The van der Waals surface area contributed by atoms with E-state index in [1.165, 1.54) is 6.07 Å². The van der Waals surface area contributed by atoms with E-state index in [2.05, 4.69) is 20.8 Å². The minimum absolute atomic E-state index is 0.298. The van der Waals surface area contributed by atoms with Gasteiger partial charge in [0.05, 0.1) is 0 Å². The molecule has 0 unspecified atom stereocenters. The van der Waals surface area contributed by atoms with Crippen molar-refractivity contribution in [2.75, 3.05) is 0 Å². The van der Waals surface area contributed by atoms with E-state index in [-0.39, 0.29) is 0 Å². The van der Waals surface area contributed by atoms with Crippen molar-refractivity contribution in [2.45, 2.75) is 19.4 Å². The first-order valence-corrected chi connectivity index (χ1v) is 4.74. The minimum Gasteiger partial charge on any atom is -0.505 e. The maximum Gasteiger partial charge on any atom is 0.166 e. The van der Waals surface area contributed by atoms with Gasteiger partial charge in [-0.25, -0.2) is 10.3 Å². The Labute approximate surface area is 89.8 Å². The molecule has 1 aromatic rings. The number of rotatable bonds is 2. The third-order valence-electron chi connectivity index (χ3n) is 1.97. The highest BCUT2D eigenvalue weighted by Gasteiger charge is 2.26. The van der Waals surface area contributed by atoms with Gasteiger partial charge in [-0.1, -0.05) is 15.9 Å². The van der Waals surface area contributed by atoms with Crippen LogP contribution in [0, 0.1) is 5.82 Å². The van der Waals surface area contributed by atoms with Gasteiger partial charge in [-0.3, -0.25) is 4.84 Å². The average Bonchev–Trinajstić information content (AvgIpc) is 2.11. The number of phenolic OH excluding ortho intramolecular Hbond substituents is 1. The molecule has 78 valence electrons. The molecule has 1 rings (SSSR count). The van der Waals surface area contributed by atoms with Crippen molar-refractivity contribution in [3.63, 3.8) is 0 Å². The van der Waals surface area contributed by atoms with Crippen LogP contribution in [0.15, 0.2) is 16.6 Å². The summed E-state index contributed by atoms with van der Waals surface area (Å²) in [5.41, 5.74) is -0.638. The Morgan fingerprint density at radius 2 is 2.07 bits per heavy atom. The summed E-state index contributed by atoms with van der Waals surface area (Å²) >= 11 is 3.12. The SMILES string of the molecule is CC(C)(ON)c1cc(Br)cc(F)c1O. The largest absolute Gasteiger partial charge is 0.505 e. The van der Waals surface area contributed by atoms with Crippen LogP contribution in [0.5, 0.6) is 5.75 Å². The number of nitrogens with two attached hydrogens (primary N) is 1. The fraction of sp³-hybridized carbons (Fsp3) is 0.333. The van der Waals surface area contributed by atoms with Crippen molar-refractivity contribution < 1.29 is 14.3 Å². The molecule has 0 radical (unpaired) electrons. The normalized spacial score (nSPS) is 11.8. The van der Waals surface area contributed by atoms with Crippen molar-refractivity contribution in [3.8, 4) is 5.75 Å². The van der Waals surface area contributed by atoms with Gasteiger partial charge in [0, 0.05) is 10.0 Å². The maximum absolute atomic E-state index is 13.1. The third-order valence-corrected chi connectivity index (χ3v) is 2.43. The van der Waals surface area contributed by atoms with Crippen molar-refractivity contribution in [2.24, 2.45) is 5.90 Å². The highest BCUT2D eigenvalue weighted by atomic mass is 79.9. The average molecular weight is 264 g/mol. The Kier molecular flexibility index (Phi) is 3.14. The van der Waals surface area contributed by atoms with E-state index < -0.39 is 17.2 Å². The lowest BCUT2D eigenvalue weighted by Gasteiger charge is -2.23. The molecule has 3 nitrogen and oxygen atoms in total. The Hall–Kier alpha value is -0.650. The van der Waals surface area contributed by atoms with Gasteiger partial charge in [-0.2, -0.15) is 0 Å². The number of hydrogen-bond acceptors (Lipinski definition) is 3. The molecule has 0 fully saturated rings. The van der Waals surface area contributed by atoms with Gasteiger partial charge in [-0.05, 0) is 26.0 Å². The van der Waals surface area contributed by atoms with E-state index in [0.717, 1.165) is 0 Å². The fourth-order valence-corrected chi connectivity index (χ4v) is 1.52. The summed E-state index contributed by atoms with van der Waals surface area (Å²) in [6, 6.07) is 2.73. The maximum atomic E-state index is 13.1. The summed E-state index contributed by atoms with van der Waals surface area (Å²) < 4.78 is 13.7. The van der Waals surface area contributed by atoms with Gasteiger partial charge in [-0.15, -0.1) is 0 Å². The number of halogens is 2.